The summed E-state index contributed by atoms with van der Waals surface area (Å²) in [6.07, 6.45) is -0.981. The van der Waals surface area contributed by atoms with E-state index in [1.165, 1.54) is 0 Å². The van der Waals surface area contributed by atoms with Crippen LogP contribution in [0.3, 0.4) is 0 Å². The summed E-state index contributed by atoms with van der Waals surface area (Å²) in [5.41, 5.74) is 1.64. The Bertz CT molecular complexity index is 631. The third-order valence-corrected chi connectivity index (χ3v) is 3.16. The van der Waals surface area contributed by atoms with E-state index in [0.29, 0.717) is 0 Å². The fraction of sp³-hybridized carbons (Fsp3) is 0.235. The van der Waals surface area contributed by atoms with Crippen molar-refractivity contribution in [1.29, 1.82) is 0 Å². The van der Waals surface area contributed by atoms with Crippen molar-refractivity contribution in [2.75, 3.05) is 6.61 Å². The Morgan fingerprint density at radius 3 is 2.65 bits per heavy atom. The highest BCUT2D eigenvalue weighted by molar-refractivity contribution is 5.86. The molecule has 0 fully saturated rings. The topological polar surface area (TPSA) is 46.5 Å². The molecule has 0 saturated heterocycles. The van der Waals surface area contributed by atoms with Gasteiger partial charge in [0.1, 0.15) is 0 Å². The first-order chi connectivity index (χ1) is 9.61. The van der Waals surface area contributed by atoms with Crippen LogP contribution in [-0.4, -0.2) is 23.8 Å². The predicted molar refractivity (Wildman–Crippen MR) is 80.2 cm³/mol. The molecule has 1 N–H and O–H groups in total. The van der Waals surface area contributed by atoms with Gasteiger partial charge in [0.25, 0.3) is 0 Å². The number of fused-ring (bicyclic) bond motifs is 1. The van der Waals surface area contributed by atoms with Crippen LogP contribution in [0.2, 0.25) is 0 Å². The van der Waals surface area contributed by atoms with E-state index >= 15 is 0 Å². The Kier molecular flexibility index (Phi) is 4.53. The highest BCUT2D eigenvalue weighted by Crippen LogP contribution is 2.23. The lowest BCUT2D eigenvalue weighted by atomic mass is 9.98. The van der Waals surface area contributed by atoms with E-state index in [1.54, 1.807) is 6.92 Å². The zero-order valence-electron chi connectivity index (χ0n) is 11.5. The lowest BCUT2D eigenvalue weighted by Crippen LogP contribution is -2.23. The van der Waals surface area contributed by atoms with Crippen molar-refractivity contribution in [2.45, 2.75) is 19.4 Å². The lowest BCUT2D eigenvalue weighted by Gasteiger charge is -2.12. The van der Waals surface area contributed by atoms with Crippen molar-refractivity contribution in [3.8, 4) is 0 Å². The quantitative estimate of drug-likeness (QED) is 0.849. The Morgan fingerprint density at radius 2 is 1.95 bits per heavy atom. The van der Waals surface area contributed by atoms with Gasteiger partial charge in [-0.25, -0.2) is 4.79 Å². The maximum Gasteiger partial charge on any atom is 0.335 e. The van der Waals surface area contributed by atoms with Gasteiger partial charge in [-0.15, -0.1) is 0 Å². The van der Waals surface area contributed by atoms with Crippen LogP contribution < -0.4 is 0 Å². The standard InChI is InChI=1S/C17H18O3/c1-3-20-17(19)16(18)10-12(2)14-9-8-13-6-4-5-7-15(13)11-14/h4-9,11,16,18H,2-3,10H2,1H3/t16-/m1/s1. The lowest BCUT2D eigenvalue weighted by molar-refractivity contribution is -0.152. The van der Waals surface area contributed by atoms with E-state index in [9.17, 15) is 9.90 Å². The zero-order valence-corrected chi connectivity index (χ0v) is 11.5. The molecule has 0 aliphatic carbocycles. The second kappa shape index (κ2) is 6.35. The molecule has 0 aliphatic heterocycles. The fourth-order valence-electron chi connectivity index (χ4n) is 2.08. The van der Waals surface area contributed by atoms with Gasteiger partial charge in [-0.3, -0.25) is 0 Å². The Morgan fingerprint density at radius 1 is 1.25 bits per heavy atom. The summed E-state index contributed by atoms with van der Waals surface area (Å²) in [4.78, 5) is 11.4. The van der Waals surface area contributed by atoms with Crippen LogP contribution in [0.25, 0.3) is 16.3 Å². The first-order valence-corrected chi connectivity index (χ1v) is 6.63. The minimum atomic E-state index is -1.16. The van der Waals surface area contributed by atoms with E-state index in [-0.39, 0.29) is 13.0 Å². The Hall–Kier alpha value is -2.13. The molecule has 104 valence electrons. The van der Waals surface area contributed by atoms with Crippen LogP contribution >= 0.6 is 0 Å². The predicted octanol–water partition coefficient (Wildman–Crippen LogP) is 3.17. The molecule has 2 aromatic rings. The van der Waals surface area contributed by atoms with Crippen molar-refractivity contribution in [2.24, 2.45) is 0 Å². The molecule has 0 amide bonds. The molecule has 2 aromatic carbocycles. The van der Waals surface area contributed by atoms with E-state index in [1.807, 2.05) is 42.5 Å². The molecule has 0 heterocycles. The van der Waals surface area contributed by atoms with E-state index in [4.69, 9.17) is 4.74 Å². The van der Waals surface area contributed by atoms with Crippen LogP contribution in [0.15, 0.2) is 49.0 Å². The average molecular weight is 270 g/mol. The normalized spacial score (nSPS) is 12.1. The maximum atomic E-state index is 11.4. The number of aliphatic hydroxyl groups is 1. The van der Waals surface area contributed by atoms with Gasteiger partial charge in [0, 0.05) is 6.42 Å². The van der Waals surface area contributed by atoms with Gasteiger partial charge in [0.05, 0.1) is 6.61 Å². The third kappa shape index (κ3) is 3.25. The number of aliphatic hydroxyl groups excluding tert-OH is 1. The fourth-order valence-corrected chi connectivity index (χ4v) is 2.08. The second-order valence-electron chi connectivity index (χ2n) is 4.64. The van der Waals surface area contributed by atoms with Gasteiger partial charge < -0.3 is 9.84 Å². The number of hydrogen-bond acceptors (Lipinski definition) is 3. The summed E-state index contributed by atoms with van der Waals surface area (Å²) in [5, 5.41) is 12.0. The molecule has 0 saturated carbocycles. The molecular formula is C17H18O3. The molecule has 0 aliphatic rings. The Labute approximate surface area is 118 Å². The number of hydrogen-bond donors (Lipinski definition) is 1. The summed E-state index contributed by atoms with van der Waals surface area (Å²) in [5.74, 6) is -0.602. The highest BCUT2D eigenvalue weighted by atomic mass is 16.5. The third-order valence-electron chi connectivity index (χ3n) is 3.16. The molecule has 0 aromatic heterocycles. The first-order valence-electron chi connectivity index (χ1n) is 6.63. The summed E-state index contributed by atoms with van der Waals surface area (Å²) in [6.45, 7) is 5.92. The van der Waals surface area contributed by atoms with E-state index in [2.05, 4.69) is 6.58 Å². The number of esters is 1. The molecule has 0 unspecified atom stereocenters. The van der Waals surface area contributed by atoms with Crippen LogP contribution in [0.1, 0.15) is 18.9 Å². The van der Waals surface area contributed by atoms with Crippen LogP contribution in [0.4, 0.5) is 0 Å². The van der Waals surface area contributed by atoms with Gasteiger partial charge in [-0.2, -0.15) is 0 Å². The summed E-state index contributed by atoms with van der Waals surface area (Å²) < 4.78 is 4.78. The maximum absolute atomic E-state index is 11.4. The van der Waals surface area contributed by atoms with Gasteiger partial charge in [0.2, 0.25) is 0 Å². The average Bonchev–Trinajstić information content (AvgIpc) is 2.46. The summed E-state index contributed by atoms with van der Waals surface area (Å²) >= 11 is 0. The highest BCUT2D eigenvalue weighted by Gasteiger charge is 2.17. The molecular weight excluding hydrogens is 252 g/mol. The van der Waals surface area contributed by atoms with E-state index in [0.717, 1.165) is 21.9 Å². The van der Waals surface area contributed by atoms with E-state index < -0.39 is 12.1 Å². The van der Waals surface area contributed by atoms with Crippen molar-refractivity contribution in [3.05, 3.63) is 54.6 Å². The van der Waals surface area contributed by atoms with Crippen LogP contribution in [0, 0.1) is 0 Å². The van der Waals surface area contributed by atoms with Crippen molar-refractivity contribution in [3.63, 3.8) is 0 Å². The smallest absolute Gasteiger partial charge is 0.335 e. The molecule has 3 heteroatoms. The van der Waals surface area contributed by atoms with Gasteiger partial charge in [-0.1, -0.05) is 43.0 Å². The molecule has 0 radical (unpaired) electrons. The number of carbonyl (C=O) groups excluding carboxylic acids is 1. The van der Waals surface area contributed by atoms with Crippen LogP contribution in [0.5, 0.6) is 0 Å². The van der Waals surface area contributed by atoms with Gasteiger partial charge in [-0.05, 0) is 34.9 Å². The molecule has 20 heavy (non-hydrogen) atoms. The number of rotatable bonds is 5. The van der Waals surface area contributed by atoms with Crippen molar-refractivity contribution < 1.29 is 14.6 Å². The zero-order chi connectivity index (χ0) is 14.5. The number of carbonyl (C=O) groups is 1. The minimum absolute atomic E-state index is 0.178. The van der Waals surface area contributed by atoms with Crippen molar-refractivity contribution in [1.82, 2.24) is 0 Å². The molecule has 0 spiro atoms. The molecule has 3 nitrogen and oxygen atoms in total. The molecule has 1 atom stereocenters. The Balaban J connectivity index is 2.13. The number of benzene rings is 2. The monoisotopic (exact) mass is 270 g/mol. The van der Waals surface area contributed by atoms with Crippen molar-refractivity contribution >= 4 is 22.3 Å². The minimum Gasteiger partial charge on any atom is -0.464 e. The molecule has 0 bridgehead atoms. The van der Waals surface area contributed by atoms with Gasteiger partial charge in [0.15, 0.2) is 6.10 Å². The largest absolute Gasteiger partial charge is 0.464 e. The second-order valence-corrected chi connectivity index (χ2v) is 4.64. The SMILES string of the molecule is C=C(C[C@@H](O)C(=O)OCC)c1ccc2ccccc2c1. The van der Waals surface area contributed by atoms with Gasteiger partial charge >= 0.3 is 5.97 Å². The molecule has 2 rings (SSSR count). The first kappa shape index (κ1) is 14.3. The summed E-state index contributed by atoms with van der Waals surface area (Å²) in [6, 6.07) is 14.0. The summed E-state index contributed by atoms with van der Waals surface area (Å²) in [7, 11) is 0. The number of ether oxygens (including phenoxy) is 1. The van der Waals surface area contributed by atoms with Crippen LogP contribution in [-0.2, 0) is 9.53 Å².